The molecule has 9 heteroatoms. The molecule has 0 saturated carbocycles. The zero-order chi connectivity index (χ0) is 21.3. The fourth-order valence-electron chi connectivity index (χ4n) is 4.31. The van der Waals surface area contributed by atoms with Crippen molar-refractivity contribution in [1.82, 2.24) is 14.2 Å². The fraction of sp³-hybridized carbons (Fsp3) is 0.476. The molecule has 0 radical (unpaired) electrons. The summed E-state index contributed by atoms with van der Waals surface area (Å²) in [7, 11) is -0.368. The topological polar surface area (TPSA) is 91.9 Å². The quantitative estimate of drug-likeness (QED) is 0.756. The molecule has 8 nitrogen and oxygen atoms in total. The van der Waals surface area contributed by atoms with Crippen molar-refractivity contribution < 1.29 is 22.7 Å². The van der Waals surface area contributed by atoms with Crippen LogP contribution < -0.4 is 9.47 Å². The lowest BCUT2D eigenvalue weighted by Crippen LogP contribution is -2.31. The van der Waals surface area contributed by atoms with Crippen LogP contribution in [0.5, 0.6) is 11.5 Å². The number of hydrogen-bond acceptors (Lipinski definition) is 5. The van der Waals surface area contributed by atoms with E-state index in [-0.39, 0.29) is 22.5 Å². The molecular formula is C21H27N3O5S. The predicted molar refractivity (Wildman–Crippen MR) is 111 cm³/mol. The average molecular weight is 434 g/mol. The summed E-state index contributed by atoms with van der Waals surface area (Å²) in [5.41, 5.74) is 1.20. The Hall–Kier alpha value is -2.52. The van der Waals surface area contributed by atoms with Crippen molar-refractivity contribution in [1.29, 1.82) is 0 Å². The smallest absolute Gasteiger partial charge is 0.270 e. The van der Waals surface area contributed by atoms with Gasteiger partial charge in [-0.2, -0.15) is 4.31 Å². The van der Waals surface area contributed by atoms with Crippen molar-refractivity contribution in [2.75, 3.05) is 33.9 Å². The van der Waals surface area contributed by atoms with E-state index in [1.54, 1.807) is 19.1 Å². The van der Waals surface area contributed by atoms with Gasteiger partial charge in [-0.15, -0.1) is 0 Å². The number of methoxy groups -OCH3 is 2. The number of sulfonamides is 1. The molecular weight excluding hydrogens is 406 g/mol. The summed E-state index contributed by atoms with van der Waals surface area (Å²) in [6.45, 7) is 1.66. The molecule has 1 aromatic heterocycles. The van der Waals surface area contributed by atoms with Crippen LogP contribution in [0, 0.1) is 0 Å². The SMILES string of the molecule is COc1ccc([C@@H]2CCCN2C(=O)c2cc(S(=O)(=O)N3CCCC3)c[nH]2)c(OC)c1. The number of carbonyl (C=O) groups is 1. The maximum atomic E-state index is 13.2. The van der Waals surface area contributed by atoms with Crippen molar-refractivity contribution in [3.05, 3.63) is 41.7 Å². The third kappa shape index (κ3) is 3.67. The van der Waals surface area contributed by atoms with Crippen LogP contribution in [0.3, 0.4) is 0 Å². The summed E-state index contributed by atoms with van der Waals surface area (Å²) in [4.78, 5) is 18.0. The van der Waals surface area contributed by atoms with Gasteiger partial charge in [0.2, 0.25) is 10.0 Å². The lowest BCUT2D eigenvalue weighted by atomic mass is 10.0. The summed E-state index contributed by atoms with van der Waals surface area (Å²) in [6.07, 6.45) is 4.84. The number of benzene rings is 1. The number of nitrogens with one attached hydrogen (secondary N) is 1. The van der Waals surface area contributed by atoms with Gasteiger partial charge in [-0.25, -0.2) is 8.42 Å². The summed E-state index contributed by atoms with van der Waals surface area (Å²) in [5.74, 6) is 1.15. The van der Waals surface area contributed by atoms with E-state index in [0.29, 0.717) is 31.1 Å². The molecule has 1 N–H and O–H groups in total. The van der Waals surface area contributed by atoms with Gasteiger partial charge in [0, 0.05) is 37.5 Å². The Morgan fingerprint density at radius 2 is 1.83 bits per heavy atom. The Morgan fingerprint density at radius 1 is 1.07 bits per heavy atom. The number of aromatic amines is 1. The maximum Gasteiger partial charge on any atom is 0.270 e. The van der Waals surface area contributed by atoms with Crippen LogP contribution >= 0.6 is 0 Å². The zero-order valence-electron chi connectivity index (χ0n) is 17.3. The number of hydrogen-bond donors (Lipinski definition) is 1. The van der Waals surface area contributed by atoms with E-state index in [4.69, 9.17) is 9.47 Å². The minimum atomic E-state index is -3.56. The molecule has 2 aromatic rings. The molecule has 2 aliphatic heterocycles. The van der Waals surface area contributed by atoms with Crippen molar-refractivity contribution in [2.24, 2.45) is 0 Å². The van der Waals surface area contributed by atoms with Crippen LogP contribution in [0.1, 0.15) is 47.8 Å². The lowest BCUT2D eigenvalue weighted by Gasteiger charge is -2.26. The van der Waals surface area contributed by atoms with E-state index >= 15 is 0 Å². The first-order chi connectivity index (χ1) is 14.5. The fourth-order valence-corrected chi connectivity index (χ4v) is 5.82. The maximum absolute atomic E-state index is 13.2. The number of ether oxygens (including phenoxy) is 2. The monoisotopic (exact) mass is 433 g/mol. The van der Waals surface area contributed by atoms with Gasteiger partial charge < -0.3 is 19.4 Å². The highest BCUT2D eigenvalue weighted by Crippen LogP contribution is 2.39. The summed E-state index contributed by atoms with van der Waals surface area (Å²) in [6, 6.07) is 6.91. The molecule has 0 bridgehead atoms. The molecule has 162 valence electrons. The molecule has 1 aromatic carbocycles. The first-order valence-electron chi connectivity index (χ1n) is 10.2. The van der Waals surface area contributed by atoms with Gasteiger partial charge in [0.05, 0.1) is 20.3 Å². The van der Waals surface area contributed by atoms with Crippen molar-refractivity contribution in [2.45, 2.75) is 36.6 Å². The van der Waals surface area contributed by atoms with Gasteiger partial charge in [-0.1, -0.05) is 0 Å². The second kappa shape index (κ2) is 8.31. The first kappa shape index (κ1) is 20.7. The molecule has 2 aliphatic rings. The molecule has 0 unspecified atom stereocenters. The highest BCUT2D eigenvalue weighted by atomic mass is 32.2. The van der Waals surface area contributed by atoms with E-state index < -0.39 is 10.0 Å². The zero-order valence-corrected chi connectivity index (χ0v) is 18.1. The minimum absolute atomic E-state index is 0.139. The summed E-state index contributed by atoms with van der Waals surface area (Å²) in [5, 5.41) is 0. The highest BCUT2D eigenvalue weighted by Gasteiger charge is 2.34. The van der Waals surface area contributed by atoms with Crippen molar-refractivity contribution in [3.8, 4) is 11.5 Å². The number of amides is 1. The van der Waals surface area contributed by atoms with E-state index in [0.717, 1.165) is 31.2 Å². The van der Waals surface area contributed by atoms with Crippen molar-refractivity contribution in [3.63, 3.8) is 0 Å². The highest BCUT2D eigenvalue weighted by molar-refractivity contribution is 7.89. The molecule has 1 amide bonds. The lowest BCUT2D eigenvalue weighted by molar-refractivity contribution is 0.0729. The number of likely N-dealkylation sites (tertiary alicyclic amines) is 1. The van der Waals surface area contributed by atoms with Gasteiger partial charge in [0.1, 0.15) is 22.1 Å². The second-order valence-electron chi connectivity index (χ2n) is 7.62. The average Bonchev–Trinajstić information content (AvgIpc) is 3.53. The molecule has 3 heterocycles. The first-order valence-corrected chi connectivity index (χ1v) is 11.6. The van der Waals surface area contributed by atoms with Gasteiger partial charge in [0.15, 0.2) is 0 Å². The Morgan fingerprint density at radius 3 is 2.53 bits per heavy atom. The number of rotatable bonds is 6. The van der Waals surface area contributed by atoms with Gasteiger partial charge in [0.25, 0.3) is 5.91 Å². The van der Waals surface area contributed by atoms with Crippen LogP contribution in [0.2, 0.25) is 0 Å². The van der Waals surface area contributed by atoms with Crippen LogP contribution in [0.4, 0.5) is 0 Å². The van der Waals surface area contributed by atoms with E-state index in [1.807, 2.05) is 18.2 Å². The Bertz CT molecular complexity index is 1030. The third-order valence-corrected chi connectivity index (χ3v) is 7.78. The number of aromatic nitrogens is 1. The molecule has 0 aliphatic carbocycles. The van der Waals surface area contributed by atoms with E-state index in [2.05, 4.69) is 4.98 Å². The van der Waals surface area contributed by atoms with Crippen molar-refractivity contribution >= 4 is 15.9 Å². The standard InChI is InChI=1S/C21H27N3O5S/c1-28-15-7-8-17(20(12-15)29-2)19-6-5-11-24(19)21(25)18-13-16(14-22-18)30(26,27)23-9-3-4-10-23/h7-8,12-14,19,22H,3-6,9-11H2,1-2H3/t19-/m0/s1. The number of H-pyrrole nitrogens is 1. The Labute approximate surface area is 176 Å². The van der Waals surface area contributed by atoms with Crippen LogP contribution in [-0.2, 0) is 10.0 Å². The molecule has 4 rings (SSSR count). The third-order valence-electron chi connectivity index (χ3n) is 5.90. The predicted octanol–water partition coefficient (Wildman–Crippen LogP) is 2.79. The van der Waals surface area contributed by atoms with Gasteiger partial charge in [-0.05, 0) is 43.9 Å². The summed E-state index contributed by atoms with van der Waals surface area (Å²) >= 11 is 0. The molecule has 0 spiro atoms. The van der Waals surface area contributed by atoms with Gasteiger partial charge >= 0.3 is 0 Å². The van der Waals surface area contributed by atoms with Crippen LogP contribution in [0.25, 0.3) is 0 Å². The number of carbonyl (C=O) groups excluding carboxylic acids is 1. The normalized spacial score (nSPS) is 19.9. The Balaban J connectivity index is 1.58. The largest absolute Gasteiger partial charge is 0.497 e. The summed E-state index contributed by atoms with van der Waals surface area (Å²) < 4.78 is 37.8. The van der Waals surface area contributed by atoms with E-state index in [1.165, 1.54) is 16.6 Å². The molecule has 1 atom stereocenters. The Kier molecular flexibility index (Phi) is 5.75. The molecule has 2 fully saturated rings. The van der Waals surface area contributed by atoms with Crippen LogP contribution in [0.15, 0.2) is 35.4 Å². The second-order valence-corrected chi connectivity index (χ2v) is 9.56. The van der Waals surface area contributed by atoms with Gasteiger partial charge in [-0.3, -0.25) is 4.79 Å². The minimum Gasteiger partial charge on any atom is -0.497 e. The van der Waals surface area contributed by atoms with E-state index in [9.17, 15) is 13.2 Å². The van der Waals surface area contributed by atoms with Crippen LogP contribution in [-0.4, -0.2) is 62.4 Å². The number of nitrogens with zero attached hydrogens (tertiary/aromatic N) is 2. The molecule has 30 heavy (non-hydrogen) atoms. The molecule has 2 saturated heterocycles.